The molecule has 1 aromatic carbocycles. The minimum Gasteiger partial charge on any atom is -0.493 e. The van der Waals surface area contributed by atoms with Crippen molar-refractivity contribution >= 4 is 24.2 Å². The molecule has 90 valence electrons. The molecule has 0 aliphatic carbocycles. The van der Waals surface area contributed by atoms with Gasteiger partial charge in [0.05, 0.1) is 14.2 Å². The quantitative estimate of drug-likeness (QED) is 0.813. The first-order valence-corrected chi connectivity index (χ1v) is 6.17. The lowest BCUT2D eigenvalue weighted by Gasteiger charge is -2.16. The van der Waals surface area contributed by atoms with Gasteiger partial charge in [-0.3, -0.25) is 0 Å². The number of thiol groups is 1. The van der Waals surface area contributed by atoms with Crippen LogP contribution in [-0.2, 0) is 0 Å². The Labute approximate surface area is 107 Å². The maximum Gasteiger partial charge on any atom is 0.162 e. The van der Waals surface area contributed by atoms with E-state index >= 15 is 0 Å². The molecular weight excluding hydrogens is 244 g/mol. The van der Waals surface area contributed by atoms with Crippen molar-refractivity contribution in [2.24, 2.45) is 0 Å². The Kier molecular flexibility index (Phi) is 5.29. The van der Waals surface area contributed by atoms with Crippen molar-refractivity contribution in [3.05, 3.63) is 22.7 Å². The molecule has 4 heteroatoms. The van der Waals surface area contributed by atoms with Crippen molar-refractivity contribution in [2.45, 2.75) is 19.3 Å². The standard InChI is InChI=1S/C12H17ClO2S/c1-8(4-5-16)9-6-11(14-2)12(15-3)7-10(9)13/h6-8,16H,4-5H2,1-3H3. The van der Waals surface area contributed by atoms with Crippen LogP contribution < -0.4 is 9.47 Å². The van der Waals surface area contributed by atoms with Gasteiger partial charge >= 0.3 is 0 Å². The van der Waals surface area contributed by atoms with Gasteiger partial charge in [-0.2, -0.15) is 12.6 Å². The molecule has 0 amide bonds. The fourth-order valence-electron chi connectivity index (χ4n) is 1.60. The van der Waals surface area contributed by atoms with Crippen LogP contribution in [0.15, 0.2) is 12.1 Å². The molecule has 0 bridgehead atoms. The molecule has 0 heterocycles. The Morgan fingerprint density at radius 1 is 1.25 bits per heavy atom. The van der Waals surface area contributed by atoms with Crippen LogP contribution in [0.25, 0.3) is 0 Å². The molecule has 0 aliphatic heterocycles. The van der Waals surface area contributed by atoms with Gasteiger partial charge < -0.3 is 9.47 Å². The SMILES string of the molecule is COc1cc(Cl)c(C(C)CCS)cc1OC. The molecule has 0 fully saturated rings. The summed E-state index contributed by atoms with van der Waals surface area (Å²) in [7, 11) is 3.23. The third kappa shape index (κ3) is 2.98. The van der Waals surface area contributed by atoms with Crippen molar-refractivity contribution < 1.29 is 9.47 Å². The van der Waals surface area contributed by atoms with Gasteiger partial charge in [-0.25, -0.2) is 0 Å². The van der Waals surface area contributed by atoms with Crippen molar-refractivity contribution in [3.63, 3.8) is 0 Å². The predicted molar refractivity (Wildman–Crippen MR) is 71.4 cm³/mol. The minimum absolute atomic E-state index is 0.366. The van der Waals surface area contributed by atoms with E-state index in [4.69, 9.17) is 21.1 Å². The molecule has 1 unspecified atom stereocenters. The van der Waals surface area contributed by atoms with Crippen LogP contribution in [0.5, 0.6) is 11.5 Å². The average Bonchev–Trinajstić information content (AvgIpc) is 2.28. The van der Waals surface area contributed by atoms with Gasteiger partial charge in [0.1, 0.15) is 0 Å². The van der Waals surface area contributed by atoms with E-state index in [1.807, 2.05) is 6.07 Å². The number of hydrogen-bond acceptors (Lipinski definition) is 3. The van der Waals surface area contributed by atoms with Crippen molar-refractivity contribution in [1.82, 2.24) is 0 Å². The second kappa shape index (κ2) is 6.26. The Morgan fingerprint density at radius 2 is 1.81 bits per heavy atom. The number of hydrogen-bond donors (Lipinski definition) is 1. The summed E-state index contributed by atoms with van der Waals surface area (Å²) in [6.07, 6.45) is 0.984. The average molecular weight is 261 g/mol. The van der Waals surface area contributed by atoms with Crippen molar-refractivity contribution in [3.8, 4) is 11.5 Å². The van der Waals surface area contributed by atoms with E-state index in [1.165, 1.54) is 0 Å². The van der Waals surface area contributed by atoms with E-state index < -0.39 is 0 Å². The van der Waals surface area contributed by atoms with Crippen LogP contribution in [-0.4, -0.2) is 20.0 Å². The lowest BCUT2D eigenvalue weighted by molar-refractivity contribution is 0.354. The second-order valence-electron chi connectivity index (χ2n) is 3.64. The predicted octanol–water partition coefficient (Wildman–Crippen LogP) is 3.78. The first-order chi connectivity index (χ1) is 7.63. The van der Waals surface area contributed by atoms with E-state index in [0.717, 1.165) is 17.7 Å². The summed E-state index contributed by atoms with van der Waals surface area (Å²) in [6, 6.07) is 3.74. The summed E-state index contributed by atoms with van der Waals surface area (Å²) in [4.78, 5) is 0. The normalized spacial score (nSPS) is 12.3. The molecule has 1 rings (SSSR count). The van der Waals surface area contributed by atoms with Crippen LogP contribution in [0.3, 0.4) is 0 Å². The van der Waals surface area contributed by atoms with E-state index in [2.05, 4.69) is 19.6 Å². The molecule has 0 radical (unpaired) electrons. The molecule has 0 aliphatic rings. The van der Waals surface area contributed by atoms with E-state index in [1.54, 1.807) is 20.3 Å². The molecule has 0 spiro atoms. The molecule has 0 saturated heterocycles. The summed E-state index contributed by atoms with van der Waals surface area (Å²) in [5.74, 6) is 2.58. The summed E-state index contributed by atoms with van der Waals surface area (Å²) in [5.41, 5.74) is 1.08. The highest BCUT2D eigenvalue weighted by molar-refractivity contribution is 7.80. The highest BCUT2D eigenvalue weighted by atomic mass is 35.5. The number of halogens is 1. The van der Waals surface area contributed by atoms with Crippen LogP contribution in [0.4, 0.5) is 0 Å². The summed E-state index contributed by atoms with van der Waals surface area (Å²) >= 11 is 10.4. The monoisotopic (exact) mass is 260 g/mol. The Balaban J connectivity index is 3.10. The molecule has 16 heavy (non-hydrogen) atoms. The number of rotatable bonds is 5. The fourth-order valence-corrected chi connectivity index (χ4v) is 2.32. The van der Waals surface area contributed by atoms with Crippen LogP contribution in [0, 0.1) is 0 Å². The molecule has 2 nitrogen and oxygen atoms in total. The zero-order valence-corrected chi connectivity index (χ0v) is 11.4. The molecule has 0 saturated carbocycles. The largest absolute Gasteiger partial charge is 0.493 e. The maximum absolute atomic E-state index is 6.21. The lowest BCUT2D eigenvalue weighted by Crippen LogP contribution is -1.98. The van der Waals surface area contributed by atoms with Gasteiger partial charge in [0.15, 0.2) is 11.5 Å². The molecule has 1 atom stereocenters. The molecular formula is C12H17ClO2S. The number of benzene rings is 1. The first kappa shape index (κ1) is 13.5. The zero-order valence-electron chi connectivity index (χ0n) is 9.79. The summed E-state index contributed by atoms with van der Waals surface area (Å²) < 4.78 is 10.4. The summed E-state index contributed by atoms with van der Waals surface area (Å²) in [5, 5.41) is 0.715. The maximum atomic E-state index is 6.21. The Morgan fingerprint density at radius 3 is 2.31 bits per heavy atom. The highest BCUT2D eigenvalue weighted by Gasteiger charge is 2.14. The van der Waals surface area contributed by atoms with E-state index in [-0.39, 0.29) is 0 Å². The van der Waals surface area contributed by atoms with E-state index in [9.17, 15) is 0 Å². The van der Waals surface area contributed by atoms with Crippen LogP contribution in [0.1, 0.15) is 24.8 Å². The van der Waals surface area contributed by atoms with Gasteiger partial charge in [0.25, 0.3) is 0 Å². The van der Waals surface area contributed by atoms with Crippen molar-refractivity contribution in [1.29, 1.82) is 0 Å². The Bertz CT molecular complexity index is 355. The van der Waals surface area contributed by atoms with Crippen molar-refractivity contribution in [2.75, 3.05) is 20.0 Å². The Hall–Kier alpha value is -0.540. The van der Waals surface area contributed by atoms with Gasteiger partial charge in [-0.15, -0.1) is 0 Å². The van der Waals surface area contributed by atoms with Gasteiger partial charge in [-0.05, 0) is 29.7 Å². The number of methoxy groups -OCH3 is 2. The van der Waals surface area contributed by atoms with Gasteiger partial charge in [0, 0.05) is 11.1 Å². The fraction of sp³-hybridized carbons (Fsp3) is 0.500. The first-order valence-electron chi connectivity index (χ1n) is 5.16. The van der Waals surface area contributed by atoms with Gasteiger partial charge in [0.2, 0.25) is 0 Å². The van der Waals surface area contributed by atoms with E-state index in [0.29, 0.717) is 22.4 Å². The zero-order chi connectivity index (χ0) is 12.1. The lowest BCUT2D eigenvalue weighted by atomic mass is 9.98. The van der Waals surface area contributed by atoms with Gasteiger partial charge in [-0.1, -0.05) is 18.5 Å². The second-order valence-corrected chi connectivity index (χ2v) is 4.50. The topological polar surface area (TPSA) is 18.5 Å². The van der Waals surface area contributed by atoms with Crippen LogP contribution in [0.2, 0.25) is 5.02 Å². The third-order valence-corrected chi connectivity index (χ3v) is 3.18. The highest BCUT2D eigenvalue weighted by Crippen LogP contribution is 2.37. The molecule has 0 aromatic heterocycles. The molecule has 1 aromatic rings. The third-order valence-electron chi connectivity index (χ3n) is 2.60. The smallest absolute Gasteiger partial charge is 0.162 e. The minimum atomic E-state index is 0.366. The number of ether oxygens (including phenoxy) is 2. The summed E-state index contributed by atoms with van der Waals surface area (Å²) in [6.45, 7) is 2.13. The molecule has 0 N–H and O–H groups in total. The van der Waals surface area contributed by atoms with Crippen LogP contribution >= 0.6 is 24.2 Å².